The Labute approximate surface area is 112 Å². The van der Waals surface area contributed by atoms with Crippen molar-refractivity contribution in [1.29, 1.82) is 0 Å². The molecule has 1 aromatic heterocycles. The standard InChI is InChI=1S/C12H12BrNO4/c1-16-7-3-4-10(17-2)8(5-7)11-9(6-15)12(13)18-14-11/h3-5,15H,6H2,1-2H3. The second-order valence-electron chi connectivity index (χ2n) is 3.51. The zero-order valence-corrected chi connectivity index (χ0v) is 11.5. The molecule has 0 bridgehead atoms. The fraction of sp³-hybridized carbons (Fsp3) is 0.250. The van der Waals surface area contributed by atoms with E-state index in [-0.39, 0.29) is 6.61 Å². The van der Waals surface area contributed by atoms with Gasteiger partial charge in [-0.05, 0) is 34.1 Å². The summed E-state index contributed by atoms with van der Waals surface area (Å²) in [7, 11) is 3.15. The molecular weight excluding hydrogens is 302 g/mol. The number of ether oxygens (including phenoxy) is 2. The molecule has 0 unspecified atom stereocenters. The normalized spacial score (nSPS) is 10.4. The predicted octanol–water partition coefficient (Wildman–Crippen LogP) is 2.61. The molecule has 0 amide bonds. The molecule has 6 heteroatoms. The number of rotatable bonds is 4. The molecule has 5 nitrogen and oxygen atoms in total. The van der Waals surface area contributed by atoms with Crippen molar-refractivity contribution in [2.24, 2.45) is 0 Å². The molecule has 0 aliphatic carbocycles. The van der Waals surface area contributed by atoms with Crippen LogP contribution in [-0.2, 0) is 6.61 Å². The van der Waals surface area contributed by atoms with Gasteiger partial charge in [0.25, 0.3) is 0 Å². The van der Waals surface area contributed by atoms with Crippen LogP contribution in [0.2, 0.25) is 0 Å². The Kier molecular flexibility index (Phi) is 3.88. The number of methoxy groups -OCH3 is 2. The second-order valence-corrected chi connectivity index (χ2v) is 4.23. The molecule has 1 N–H and O–H groups in total. The van der Waals surface area contributed by atoms with Crippen molar-refractivity contribution in [2.75, 3.05) is 14.2 Å². The van der Waals surface area contributed by atoms with E-state index < -0.39 is 0 Å². The van der Waals surface area contributed by atoms with Crippen LogP contribution in [0.1, 0.15) is 5.56 Å². The maximum Gasteiger partial charge on any atom is 0.208 e. The van der Waals surface area contributed by atoms with Gasteiger partial charge in [-0.1, -0.05) is 5.16 Å². The van der Waals surface area contributed by atoms with Crippen LogP contribution in [0.5, 0.6) is 11.5 Å². The first kappa shape index (κ1) is 12.9. The SMILES string of the molecule is COc1ccc(OC)c(-c2noc(Br)c2CO)c1. The number of aliphatic hydroxyl groups is 1. The first-order chi connectivity index (χ1) is 8.71. The average molecular weight is 314 g/mol. The average Bonchev–Trinajstić information content (AvgIpc) is 2.78. The number of aromatic nitrogens is 1. The van der Waals surface area contributed by atoms with Gasteiger partial charge in [0.05, 0.1) is 26.4 Å². The topological polar surface area (TPSA) is 64.7 Å². The van der Waals surface area contributed by atoms with Crippen LogP contribution in [0.25, 0.3) is 11.3 Å². The number of hydrogen-bond acceptors (Lipinski definition) is 5. The lowest BCUT2D eigenvalue weighted by Gasteiger charge is -2.09. The van der Waals surface area contributed by atoms with Crippen molar-refractivity contribution >= 4 is 15.9 Å². The molecule has 0 aliphatic rings. The van der Waals surface area contributed by atoms with Crippen molar-refractivity contribution in [1.82, 2.24) is 5.16 Å². The predicted molar refractivity (Wildman–Crippen MR) is 68.7 cm³/mol. The maximum absolute atomic E-state index is 9.34. The van der Waals surface area contributed by atoms with Gasteiger partial charge < -0.3 is 19.1 Å². The number of aliphatic hydroxyl groups excluding tert-OH is 1. The molecule has 2 aromatic rings. The molecule has 1 heterocycles. The number of halogens is 1. The number of benzene rings is 1. The molecular formula is C12H12BrNO4. The van der Waals surface area contributed by atoms with Crippen LogP contribution in [-0.4, -0.2) is 24.5 Å². The molecule has 0 atom stereocenters. The fourth-order valence-corrected chi connectivity index (χ4v) is 2.02. The molecule has 18 heavy (non-hydrogen) atoms. The summed E-state index contributed by atoms with van der Waals surface area (Å²) >= 11 is 3.20. The zero-order chi connectivity index (χ0) is 13.1. The Hall–Kier alpha value is -1.53. The van der Waals surface area contributed by atoms with Gasteiger partial charge >= 0.3 is 0 Å². The third kappa shape index (κ3) is 2.21. The van der Waals surface area contributed by atoms with E-state index in [1.807, 2.05) is 0 Å². The van der Waals surface area contributed by atoms with Gasteiger partial charge in [-0.3, -0.25) is 0 Å². The molecule has 0 spiro atoms. The first-order valence-electron chi connectivity index (χ1n) is 5.18. The molecule has 2 rings (SSSR count). The van der Waals surface area contributed by atoms with Gasteiger partial charge in [-0.2, -0.15) is 0 Å². The summed E-state index contributed by atoms with van der Waals surface area (Å²) in [5.41, 5.74) is 1.80. The second kappa shape index (κ2) is 5.41. The van der Waals surface area contributed by atoms with Crippen molar-refractivity contribution in [3.63, 3.8) is 0 Å². The molecule has 0 radical (unpaired) electrons. The zero-order valence-electron chi connectivity index (χ0n) is 9.94. The van der Waals surface area contributed by atoms with Crippen molar-refractivity contribution < 1.29 is 19.1 Å². The lowest BCUT2D eigenvalue weighted by Crippen LogP contribution is -1.93. The van der Waals surface area contributed by atoms with Crippen molar-refractivity contribution in [2.45, 2.75) is 6.61 Å². The fourth-order valence-electron chi connectivity index (χ4n) is 1.64. The smallest absolute Gasteiger partial charge is 0.208 e. The van der Waals surface area contributed by atoms with E-state index in [1.54, 1.807) is 32.4 Å². The number of hydrogen-bond donors (Lipinski definition) is 1. The third-order valence-electron chi connectivity index (χ3n) is 2.56. The van der Waals surface area contributed by atoms with Gasteiger partial charge in [-0.15, -0.1) is 0 Å². The van der Waals surface area contributed by atoms with Crippen molar-refractivity contribution in [3.05, 3.63) is 28.4 Å². The summed E-state index contributed by atoms with van der Waals surface area (Å²) in [6.45, 7) is -0.181. The van der Waals surface area contributed by atoms with E-state index >= 15 is 0 Å². The lowest BCUT2D eigenvalue weighted by molar-refractivity contribution is 0.278. The largest absolute Gasteiger partial charge is 0.497 e. The summed E-state index contributed by atoms with van der Waals surface area (Å²) in [5.74, 6) is 1.31. The van der Waals surface area contributed by atoms with Crippen LogP contribution < -0.4 is 9.47 Å². The minimum absolute atomic E-state index is 0.181. The van der Waals surface area contributed by atoms with Crippen LogP contribution in [0.15, 0.2) is 27.4 Å². The highest BCUT2D eigenvalue weighted by molar-refractivity contribution is 9.10. The molecule has 0 saturated heterocycles. The highest BCUT2D eigenvalue weighted by Crippen LogP contribution is 2.36. The molecule has 0 aliphatic heterocycles. The van der Waals surface area contributed by atoms with E-state index in [9.17, 15) is 5.11 Å². The van der Waals surface area contributed by atoms with E-state index in [0.29, 0.717) is 33.0 Å². The van der Waals surface area contributed by atoms with Crippen LogP contribution in [0, 0.1) is 0 Å². The molecule has 96 valence electrons. The minimum atomic E-state index is -0.181. The van der Waals surface area contributed by atoms with E-state index in [1.165, 1.54) is 0 Å². The maximum atomic E-state index is 9.34. The Bertz CT molecular complexity index is 553. The van der Waals surface area contributed by atoms with Gasteiger partial charge in [0.2, 0.25) is 4.67 Å². The summed E-state index contributed by atoms with van der Waals surface area (Å²) in [4.78, 5) is 0. The Morgan fingerprint density at radius 1 is 1.33 bits per heavy atom. The van der Waals surface area contributed by atoms with E-state index in [4.69, 9.17) is 14.0 Å². The summed E-state index contributed by atoms with van der Waals surface area (Å²) in [6, 6.07) is 5.34. The summed E-state index contributed by atoms with van der Waals surface area (Å²) < 4.78 is 15.9. The summed E-state index contributed by atoms with van der Waals surface area (Å²) in [5, 5.41) is 13.3. The van der Waals surface area contributed by atoms with Gasteiger partial charge in [-0.25, -0.2) is 0 Å². The Morgan fingerprint density at radius 3 is 2.72 bits per heavy atom. The third-order valence-corrected chi connectivity index (χ3v) is 3.18. The van der Waals surface area contributed by atoms with Crippen molar-refractivity contribution in [3.8, 4) is 22.8 Å². The quantitative estimate of drug-likeness (QED) is 0.940. The van der Waals surface area contributed by atoms with Gasteiger partial charge in [0, 0.05) is 5.56 Å². The number of nitrogens with zero attached hydrogens (tertiary/aromatic N) is 1. The van der Waals surface area contributed by atoms with Gasteiger partial charge in [0.1, 0.15) is 17.2 Å². The molecule has 0 fully saturated rings. The minimum Gasteiger partial charge on any atom is -0.497 e. The van der Waals surface area contributed by atoms with Crippen LogP contribution >= 0.6 is 15.9 Å². The molecule has 0 saturated carbocycles. The van der Waals surface area contributed by atoms with Gasteiger partial charge in [0.15, 0.2) is 0 Å². The van der Waals surface area contributed by atoms with E-state index in [0.717, 1.165) is 0 Å². The Morgan fingerprint density at radius 2 is 2.11 bits per heavy atom. The highest BCUT2D eigenvalue weighted by Gasteiger charge is 2.18. The van der Waals surface area contributed by atoms with Crippen LogP contribution in [0.3, 0.4) is 0 Å². The first-order valence-corrected chi connectivity index (χ1v) is 5.97. The lowest BCUT2D eigenvalue weighted by atomic mass is 10.1. The van der Waals surface area contributed by atoms with Crippen LogP contribution in [0.4, 0.5) is 0 Å². The Balaban J connectivity index is 2.60. The highest BCUT2D eigenvalue weighted by atomic mass is 79.9. The summed E-state index contributed by atoms with van der Waals surface area (Å²) in [6.07, 6.45) is 0. The van der Waals surface area contributed by atoms with E-state index in [2.05, 4.69) is 21.1 Å². The molecule has 1 aromatic carbocycles. The monoisotopic (exact) mass is 313 g/mol.